The third-order valence-electron chi connectivity index (χ3n) is 1.30. The lowest BCUT2D eigenvalue weighted by atomic mass is 10.3. The van der Waals surface area contributed by atoms with Crippen molar-refractivity contribution in [3.05, 3.63) is 24.3 Å². The van der Waals surface area contributed by atoms with Gasteiger partial charge in [-0.25, -0.2) is 0 Å². The van der Waals surface area contributed by atoms with Crippen LogP contribution in [0, 0.1) is 0 Å². The van der Waals surface area contributed by atoms with E-state index in [1.807, 2.05) is 24.3 Å². The fraction of sp³-hybridized carbons (Fsp3) is 0.222. The summed E-state index contributed by atoms with van der Waals surface area (Å²) in [7, 11) is 1.61. The zero-order chi connectivity index (χ0) is 8.97. The van der Waals surface area contributed by atoms with Gasteiger partial charge in [-0.05, 0) is 18.2 Å². The first-order valence-electron chi connectivity index (χ1n) is 3.55. The Kier molecular flexibility index (Phi) is 3.17. The number of benzene rings is 1. The molecule has 0 aliphatic heterocycles. The van der Waals surface area contributed by atoms with E-state index in [2.05, 4.69) is 0 Å². The van der Waals surface area contributed by atoms with E-state index in [-0.39, 0.29) is 5.12 Å². The largest absolute Gasteiger partial charge is 0.497 e. The maximum absolute atomic E-state index is 10.7. The van der Waals surface area contributed by atoms with E-state index in [1.165, 1.54) is 11.8 Å². The molecule has 0 aliphatic rings. The van der Waals surface area contributed by atoms with Crippen molar-refractivity contribution in [1.29, 1.82) is 0 Å². The van der Waals surface area contributed by atoms with Crippen LogP contribution >= 0.6 is 11.8 Å². The maximum Gasteiger partial charge on any atom is 0.190 e. The van der Waals surface area contributed by atoms with Crippen LogP contribution in [0.3, 0.4) is 0 Å². The van der Waals surface area contributed by atoms with Crippen LogP contribution in [-0.2, 0) is 4.79 Å². The number of thioether (sulfide) groups is 1. The standard InChI is InChI=1S/C9H10O2S/c1-7(10)12-9-5-3-4-8(6-9)11-2/h3-6H,1-2H3. The van der Waals surface area contributed by atoms with Gasteiger partial charge in [0, 0.05) is 11.8 Å². The summed E-state index contributed by atoms with van der Waals surface area (Å²) in [4.78, 5) is 11.7. The molecule has 3 heteroatoms. The number of carbonyl (C=O) groups is 1. The lowest BCUT2D eigenvalue weighted by molar-refractivity contribution is -0.109. The van der Waals surface area contributed by atoms with Gasteiger partial charge in [0.15, 0.2) is 5.12 Å². The summed E-state index contributed by atoms with van der Waals surface area (Å²) in [6.07, 6.45) is 0. The molecule has 64 valence electrons. The summed E-state index contributed by atoms with van der Waals surface area (Å²) in [6.45, 7) is 1.55. The van der Waals surface area contributed by atoms with Gasteiger partial charge in [0.2, 0.25) is 0 Å². The highest BCUT2D eigenvalue weighted by Crippen LogP contribution is 2.22. The number of hydrogen-bond acceptors (Lipinski definition) is 3. The molecule has 1 aromatic carbocycles. The number of rotatable bonds is 2. The van der Waals surface area contributed by atoms with Crippen molar-refractivity contribution in [2.75, 3.05) is 7.11 Å². The zero-order valence-electron chi connectivity index (χ0n) is 7.03. The molecular weight excluding hydrogens is 172 g/mol. The van der Waals surface area contributed by atoms with Crippen molar-refractivity contribution in [1.82, 2.24) is 0 Å². The topological polar surface area (TPSA) is 26.3 Å². The van der Waals surface area contributed by atoms with Crippen LogP contribution in [0.5, 0.6) is 5.75 Å². The SMILES string of the molecule is COc1cccc(SC(C)=O)c1. The highest BCUT2D eigenvalue weighted by Gasteiger charge is 1.98. The van der Waals surface area contributed by atoms with Crippen molar-refractivity contribution in [2.24, 2.45) is 0 Å². The summed E-state index contributed by atoms with van der Waals surface area (Å²) in [5, 5.41) is 0.0863. The van der Waals surface area contributed by atoms with Gasteiger partial charge in [-0.15, -0.1) is 0 Å². The Hall–Kier alpha value is -0.960. The molecule has 1 rings (SSSR count). The predicted octanol–water partition coefficient (Wildman–Crippen LogP) is 2.33. The predicted molar refractivity (Wildman–Crippen MR) is 49.5 cm³/mol. The molecule has 1 aromatic rings. The first kappa shape index (κ1) is 9.13. The molecule has 0 amide bonds. The van der Waals surface area contributed by atoms with Crippen molar-refractivity contribution >= 4 is 16.9 Å². The highest BCUT2D eigenvalue weighted by atomic mass is 32.2. The molecule has 0 radical (unpaired) electrons. The van der Waals surface area contributed by atoms with Gasteiger partial charge in [0.25, 0.3) is 0 Å². The molecule has 0 fully saturated rings. The Morgan fingerprint density at radius 1 is 1.50 bits per heavy atom. The maximum atomic E-state index is 10.7. The van der Waals surface area contributed by atoms with E-state index < -0.39 is 0 Å². The van der Waals surface area contributed by atoms with E-state index in [9.17, 15) is 4.79 Å². The molecule has 0 spiro atoms. The van der Waals surface area contributed by atoms with Crippen molar-refractivity contribution in [3.8, 4) is 5.75 Å². The number of carbonyl (C=O) groups excluding carboxylic acids is 1. The van der Waals surface area contributed by atoms with Crippen LogP contribution in [0.25, 0.3) is 0 Å². The third-order valence-corrected chi connectivity index (χ3v) is 2.08. The minimum atomic E-state index is 0.0863. The van der Waals surface area contributed by atoms with Gasteiger partial charge in [-0.3, -0.25) is 4.79 Å². The second-order valence-electron chi connectivity index (χ2n) is 2.27. The molecule has 0 heterocycles. The first-order valence-corrected chi connectivity index (χ1v) is 4.36. The van der Waals surface area contributed by atoms with E-state index in [1.54, 1.807) is 14.0 Å². The van der Waals surface area contributed by atoms with Crippen LogP contribution in [0.2, 0.25) is 0 Å². The fourth-order valence-corrected chi connectivity index (χ4v) is 1.48. The first-order chi connectivity index (χ1) is 5.72. The molecule has 2 nitrogen and oxygen atoms in total. The number of methoxy groups -OCH3 is 1. The Balaban J connectivity index is 2.79. The monoisotopic (exact) mass is 182 g/mol. The molecule has 0 unspecified atom stereocenters. The molecule has 0 N–H and O–H groups in total. The van der Waals surface area contributed by atoms with Crippen molar-refractivity contribution in [3.63, 3.8) is 0 Å². The second kappa shape index (κ2) is 4.16. The number of hydrogen-bond donors (Lipinski definition) is 0. The minimum absolute atomic E-state index is 0.0863. The summed E-state index contributed by atoms with van der Waals surface area (Å²) in [6, 6.07) is 7.44. The molecule has 0 atom stereocenters. The van der Waals surface area contributed by atoms with Crippen LogP contribution in [-0.4, -0.2) is 12.2 Å². The average Bonchev–Trinajstić information content (AvgIpc) is 2.03. The number of ether oxygens (including phenoxy) is 1. The second-order valence-corrected chi connectivity index (χ2v) is 3.52. The van der Waals surface area contributed by atoms with E-state index >= 15 is 0 Å². The molecule has 0 saturated carbocycles. The summed E-state index contributed by atoms with van der Waals surface area (Å²) < 4.78 is 5.01. The van der Waals surface area contributed by atoms with Crippen LogP contribution in [0.15, 0.2) is 29.2 Å². The van der Waals surface area contributed by atoms with Gasteiger partial charge in [-0.1, -0.05) is 17.8 Å². The fourth-order valence-electron chi connectivity index (χ4n) is 0.831. The minimum Gasteiger partial charge on any atom is -0.497 e. The molecule has 0 aromatic heterocycles. The Labute approximate surface area is 75.9 Å². The summed E-state index contributed by atoms with van der Waals surface area (Å²) >= 11 is 1.21. The Morgan fingerprint density at radius 2 is 2.25 bits per heavy atom. The molecule has 0 saturated heterocycles. The van der Waals surface area contributed by atoms with Gasteiger partial charge in [0.1, 0.15) is 5.75 Å². The van der Waals surface area contributed by atoms with Crippen molar-refractivity contribution < 1.29 is 9.53 Å². The highest BCUT2D eigenvalue weighted by molar-refractivity contribution is 8.13. The van der Waals surface area contributed by atoms with Gasteiger partial charge >= 0.3 is 0 Å². The van der Waals surface area contributed by atoms with Gasteiger partial charge in [0.05, 0.1) is 7.11 Å². The molecular formula is C9H10O2S. The molecule has 12 heavy (non-hydrogen) atoms. The van der Waals surface area contributed by atoms with E-state index in [0.717, 1.165) is 10.6 Å². The normalized spacial score (nSPS) is 9.50. The lowest BCUT2D eigenvalue weighted by Gasteiger charge is -2.00. The van der Waals surface area contributed by atoms with E-state index in [0.29, 0.717) is 0 Å². The lowest BCUT2D eigenvalue weighted by Crippen LogP contribution is -1.84. The summed E-state index contributed by atoms with van der Waals surface area (Å²) in [5.74, 6) is 0.779. The Morgan fingerprint density at radius 3 is 2.83 bits per heavy atom. The van der Waals surface area contributed by atoms with Gasteiger partial charge in [-0.2, -0.15) is 0 Å². The zero-order valence-corrected chi connectivity index (χ0v) is 7.85. The van der Waals surface area contributed by atoms with Crippen LogP contribution < -0.4 is 4.74 Å². The third kappa shape index (κ3) is 2.58. The van der Waals surface area contributed by atoms with Crippen LogP contribution in [0.1, 0.15) is 6.92 Å². The molecule has 0 aliphatic carbocycles. The Bertz CT molecular complexity index is 284. The van der Waals surface area contributed by atoms with Gasteiger partial charge < -0.3 is 4.74 Å². The average molecular weight is 182 g/mol. The quantitative estimate of drug-likeness (QED) is 0.657. The van der Waals surface area contributed by atoms with Crippen LogP contribution in [0.4, 0.5) is 0 Å². The smallest absolute Gasteiger partial charge is 0.190 e. The summed E-state index contributed by atoms with van der Waals surface area (Å²) in [5.41, 5.74) is 0. The van der Waals surface area contributed by atoms with E-state index in [4.69, 9.17) is 4.74 Å². The molecule has 0 bridgehead atoms. The van der Waals surface area contributed by atoms with Crippen molar-refractivity contribution in [2.45, 2.75) is 11.8 Å².